The van der Waals surface area contributed by atoms with Crippen LogP contribution in [0.15, 0.2) is 42.5 Å². The van der Waals surface area contributed by atoms with E-state index >= 15 is 0 Å². The van der Waals surface area contributed by atoms with Crippen molar-refractivity contribution in [1.29, 1.82) is 0 Å². The molecule has 0 saturated heterocycles. The first-order valence-electron chi connectivity index (χ1n) is 6.00. The number of fused-ring (bicyclic) bond motifs is 1. The molecule has 3 nitrogen and oxygen atoms in total. The summed E-state index contributed by atoms with van der Waals surface area (Å²) in [6.45, 7) is 0. The van der Waals surface area contributed by atoms with Crippen molar-refractivity contribution in [2.24, 2.45) is 0 Å². The van der Waals surface area contributed by atoms with E-state index in [9.17, 15) is 9.90 Å². The number of benzene rings is 2. The van der Waals surface area contributed by atoms with Gasteiger partial charge in [0.1, 0.15) is 6.10 Å². The number of anilines is 1. The Kier molecular flexibility index (Phi) is 3.01. The molecule has 2 N–H and O–H groups in total. The van der Waals surface area contributed by atoms with Crippen LogP contribution in [-0.4, -0.2) is 11.0 Å². The molecule has 1 aliphatic rings. The van der Waals surface area contributed by atoms with Gasteiger partial charge in [0.05, 0.1) is 12.1 Å². The fourth-order valence-corrected chi connectivity index (χ4v) is 2.61. The maximum Gasteiger partial charge on any atom is 0.228 e. The number of amides is 1. The predicted molar refractivity (Wildman–Crippen MR) is 74.3 cm³/mol. The van der Waals surface area contributed by atoms with Gasteiger partial charge >= 0.3 is 0 Å². The normalized spacial score (nSPS) is 14.9. The molecule has 2 aromatic carbocycles. The van der Waals surface area contributed by atoms with Gasteiger partial charge < -0.3 is 10.4 Å². The average Bonchev–Trinajstić information content (AvgIpc) is 2.78. The van der Waals surface area contributed by atoms with Crippen LogP contribution in [0.1, 0.15) is 22.8 Å². The number of carbonyl (C=O) groups excluding carboxylic acids is 1. The highest BCUT2D eigenvalue weighted by atomic mass is 35.5. The van der Waals surface area contributed by atoms with Gasteiger partial charge in [0.15, 0.2) is 0 Å². The van der Waals surface area contributed by atoms with Gasteiger partial charge in [-0.3, -0.25) is 4.79 Å². The van der Waals surface area contributed by atoms with Gasteiger partial charge in [-0.2, -0.15) is 0 Å². The molecule has 0 fully saturated rings. The third-order valence-electron chi connectivity index (χ3n) is 3.24. The van der Waals surface area contributed by atoms with Crippen molar-refractivity contribution in [3.63, 3.8) is 0 Å². The van der Waals surface area contributed by atoms with Crippen molar-refractivity contribution in [3.8, 4) is 0 Å². The Balaban J connectivity index is 2.09. The molecular formula is C15H12ClNO2. The van der Waals surface area contributed by atoms with Crippen LogP contribution >= 0.6 is 11.6 Å². The number of hydrogen-bond acceptors (Lipinski definition) is 2. The second-order valence-corrected chi connectivity index (χ2v) is 5.00. The van der Waals surface area contributed by atoms with Crippen LogP contribution < -0.4 is 5.32 Å². The van der Waals surface area contributed by atoms with E-state index in [-0.39, 0.29) is 5.91 Å². The first kappa shape index (κ1) is 12.2. The van der Waals surface area contributed by atoms with E-state index in [1.165, 1.54) is 0 Å². The fraction of sp³-hybridized carbons (Fsp3) is 0.133. The molecular weight excluding hydrogens is 262 g/mol. The van der Waals surface area contributed by atoms with Gasteiger partial charge in [-0.1, -0.05) is 41.9 Å². The van der Waals surface area contributed by atoms with Crippen molar-refractivity contribution < 1.29 is 9.90 Å². The standard InChI is InChI=1S/C15H12ClNO2/c16-11-6-10-7-13(18)17-14(10)12(8-11)15(19)9-4-2-1-3-5-9/h1-6,8,15,19H,7H2,(H,17,18). The van der Waals surface area contributed by atoms with Gasteiger partial charge in [-0.05, 0) is 23.3 Å². The number of aliphatic hydroxyl groups excluding tert-OH is 1. The zero-order valence-corrected chi connectivity index (χ0v) is 10.8. The van der Waals surface area contributed by atoms with Crippen LogP contribution in [-0.2, 0) is 11.2 Å². The Morgan fingerprint density at radius 3 is 2.68 bits per heavy atom. The van der Waals surface area contributed by atoms with Gasteiger partial charge in [0, 0.05) is 10.6 Å². The molecule has 2 aromatic rings. The molecule has 0 radical (unpaired) electrons. The summed E-state index contributed by atoms with van der Waals surface area (Å²) in [4.78, 5) is 11.5. The van der Waals surface area contributed by atoms with E-state index in [0.717, 1.165) is 11.1 Å². The maximum absolute atomic E-state index is 11.5. The van der Waals surface area contributed by atoms with Crippen LogP contribution in [0.4, 0.5) is 5.69 Å². The highest BCUT2D eigenvalue weighted by Crippen LogP contribution is 2.36. The first-order valence-corrected chi connectivity index (χ1v) is 6.38. The lowest BCUT2D eigenvalue weighted by Gasteiger charge is -2.16. The Labute approximate surface area is 115 Å². The zero-order chi connectivity index (χ0) is 13.4. The summed E-state index contributed by atoms with van der Waals surface area (Å²) in [5.74, 6) is -0.0706. The van der Waals surface area contributed by atoms with Crippen molar-refractivity contribution >= 4 is 23.2 Å². The summed E-state index contributed by atoms with van der Waals surface area (Å²) in [7, 11) is 0. The molecule has 1 unspecified atom stereocenters. The molecule has 1 atom stereocenters. The molecule has 0 bridgehead atoms. The molecule has 1 amide bonds. The maximum atomic E-state index is 11.5. The summed E-state index contributed by atoms with van der Waals surface area (Å²) in [5, 5.41) is 13.8. The number of carbonyl (C=O) groups is 1. The van der Waals surface area contributed by atoms with Gasteiger partial charge in [0.2, 0.25) is 5.91 Å². The molecule has 0 aromatic heterocycles. The molecule has 1 aliphatic heterocycles. The van der Waals surface area contributed by atoms with E-state index in [4.69, 9.17) is 11.6 Å². The highest BCUT2D eigenvalue weighted by molar-refractivity contribution is 6.31. The molecule has 1 heterocycles. The highest BCUT2D eigenvalue weighted by Gasteiger charge is 2.25. The smallest absolute Gasteiger partial charge is 0.228 e. The lowest BCUT2D eigenvalue weighted by molar-refractivity contribution is -0.115. The van der Waals surface area contributed by atoms with E-state index in [1.54, 1.807) is 12.1 Å². The molecule has 19 heavy (non-hydrogen) atoms. The lowest BCUT2D eigenvalue weighted by Crippen LogP contribution is -2.07. The van der Waals surface area contributed by atoms with Gasteiger partial charge in [0.25, 0.3) is 0 Å². The summed E-state index contributed by atoms with van der Waals surface area (Å²) in [5.41, 5.74) is 2.93. The van der Waals surface area contributed by atoms with Gasteiger partial charge in [-0.25, -0.2) is 0 Å². The predicted octanol–water partition coefficient (Wildman–Crippen LogP) is 2.92. The minimum Gasteiger partial charge on any atom is -0.384 e. The molecule has 3 rings (SSSR count). The summed E-state index contributed by atoms with van der Waals surface area (Å²) in [6, 6.07) is 12.8. The van der Waals surface area contributed by atoms with E-state index in [1.807, 2.05) is 30.3 Å². The minimum absolute atomic E-state index is 0.0706. The van der Waals surface area contributed by atoms with Crippen LogP contribution in [0.5, 0.6) is 0 Å². The molecule has 4 heteroatoms. The SMILES string of the molecule is O=C1Cc2cc(Cl)cc(C(O)c3ccccc3)c2N1. The number of aliphatic hydroxyl groups is 1. The molecule has 96 valence electrons. The molecule has 0 aliphatic carbocycles. The Hall–Kier alpha value is -1.84. The Bertz CT molecular complexity index is 640. The average molecular weight is 274 g/mol. The van der Waals surface area contributed by atoms with Crippen LogP contribution in [0.25, 0.3) is 0 Å². The molecule has 0 saturated carbocycles. The van der Waals surface area contributed by atoms with Crippen LogP contribution in [0.3, 0.4) is 0 Å². The zero-order valence-electron chi connectivity index (χ0n) is 10.1. The second-order valence-electron chi connectivity index (χ2n) is 4.57. The summed E-state index contributed by atoms with van der Waals surface area (Å²) < 4.78 is 0. The quantitative estimate of drug-likeness (QED) is 0.884. The third kappa shape index (κ3) is 2.23. The fourth-order valence-electron chi connectivity index (χ4n) is 2.37. The first-order chi connectivity index (χ1) is 9.15. The molecule has 0 spiro atoms. The van der Waals surface area contributed by atoms with Crippen LogP contribution in [0.2, 0.25) is 5.02 Å². The van der Waals surface area contributed by atoms with Crippen molar-refractivity contribution in [2.75, 3.05) is 5.32 Å². The van der Waals surface area contributed by atoms with Crippen molar-refractivity contribution in [2.45, 2.75) is 12.5 Å². The number of hydrogen-bond donors (Lipinski definition) is 2. The third-order valence-corrected chi connectivity index (χ3v) is 3.46. The number of halogens is 1. The Morgan fingerprint density at radius 2 is 1.95 bits per heavy atom. The topological polar surface area (TPSA) is 49.3 Å². The van der Waals surface area contributed by atoms with E-state index in [2.05, 4.69) is 5.32 Å². The largest absolute Gasteiger partial charge is 0.384 e. The minimum atomic E-state index is -0.799. The number of rotatable bonds is 2. The van der Waals surface area contributed by atoms with Gasteiger partial charge in [-0.15, -0.1) is 0 Å². The monoisotopic (exact) mass is 273 g/mol. The van der Waals surface area contributed by atoms with Crippen molar-refractivity contribution in [1.82, 2.24) is 0 Å². The van der Waals surface area contributed by atoms with E-state index < -0.39 is 6.10 Å². The van der Waals surface area contributed by atoms with Crippen molar-refractivity contribution in [3.05, 3.63) is 64.2 Å². The lowest BCUT2D eigenvalue weighted by atomic mass is 9.98. The van der Waals surface area contributed by atoms with E-state index in [0.29, 0.717) is 22.7 Å². The Morgan fingerprint density at radius 1 is 1.21 bits per heavy atom. The second kappa shape index (κ2) is 4.68. The number of nitrogens with one attached hydrogen (secondary N) is 1. The summed E-state index contributed by atoms with van der Waals surface area (Å²) in [6.07, 6.45) is -0.489. The summed E-state index contributed by atoms with van der Waals surface area (Å²) >= 11 is 6.06. The van der Waals surface area contributed by atoms with Crippen LogP contribution in [0, 0.1) is 0 Å².